The fourth-order valence-electron chi connectivity index (χ4n) is 1.95. The van der Waals surface area contributed by atoms with Gasteiger partial charge in [-0.05, 0) is 64.7 Å². The molecule has 2 aromatic rings. The zero-order valence-electron chi connectivity index (χ0n) is 12.9. The van der Waals surface area contributed by atoms with Crippen molar-refractivity contribution in [2.24, 2.45) is 0 Å². The van der Waals surface area contributed by atoms with E-state index in [4.69, 9.17) is 16.3 Å². The Labute approximate surface area is 146 Å². The highest BCUT2D eigenvalue weighted by Crippen LogP contribution is 2.27. The van der Waals surface area contributed by atoms with E-state index in [1.54, 1.807) is 0 Å². The predicted octanol–water partition coefficient (Wildman–Crippen LogP) is 5.57. The van der Waals surface area contributed by atoms with Gasteiger partial charge in [0.2, 0.25) is 0 Å². The van der Waals surface area contributed by atoms with Crippen LogP contribution in [0.4, 0.5) is 0 Å². The molecule has 118 valence electrons. The van der Waals surface area contributed by atoms with Gasteiger partial charge in [0.25, 0.3) is 0 Å². The summed E-state index contributed by atoms with van der Waals surface area (Å²) in [6.45, 7) is 5.77. The second-order valence-electron chi connectivity index (χ2n) is 5.37. The van der Waals surface area contributed by atoms with Gasteiger partial charge in [-0.25, -0.2) is 0 Å². The molecule has 2 nitrogen and oxygen atoms in total. The number of hydrogen-bond donors (Lipinski definition) is 1. The number of halogens is 2. The van der Waals surface area contributed by atoms with Crippen molar-refractivity contribution in [1.82, 2.24) is 5.32 Å². The molecular weight excluding hydrogens is 362 g/mol. The third-order valence-electron chi connectivity index (χ3n) is 3.57. The first kappa shape index (κ1) is 17.3. The monoisotopic (exact) mass is 381 g/mol. The highest BCUT2D eigenvalue weighted by Gasteiger charge is 2.05. The van der Waals surface area contributed by atoms with E-state index in [0.29, 0.717) is 12.6 Å². The van der Waals surface area contributed by atoms with Crippen LogP contribution in [0, 0.1) is 0 Å². The van der Waals surface area contributed by atoms with Crippen molar-refractivity contribution in [1.29, 1.82) is 0 Å². The van der Waals surface area contributed by atoms with Crippen LogP contribution in [-0.4, -0.2) is 6.04 Å². The second-order valence-corrected chi connectivity index (χ2v) is 6.66. The summed E-state index contributed by atoms with van der Waals surface area (Å²) in [7, 11) is 0. The summed E-state index contributed by atoms with van der Waals surface area (Å²) >= 11 is 9.46. The smallest absolute Gasteiger partial charge is 0.134 e. The van der Waals surface area contributed by atoms with E-state index in [9.17, 15) is 0 Å². The fraction of sp³-hybridized carbons (Fsp3) is 0.333. The van der Waals surface area contributed by atoms with E-state index in [1.165, 1.54) is 5.56 Å². The molecule has 0 amide bonds. The zero-order chi connectivity index (χ0) is 15.9. The normalized spacial score (nSPS) is 12.2. The molecule has 0 aliphatic rings. The van der Waals surface area contributed by atoms with Gasteiger partial charge in [-0.15, -0.1) is 0 Å². The molecule has 4 heteroatoms. The number of rotatable bonds is 7. The molecular formula is C18H21BrClNO. The first-order valence-corrected chi connectivity index (χ1v) is 8.64. The van der Waals surface area contributed by atoms with Gasteiger partial charge in [-0.1, -0.05) is 36.7 Å². The number of hydrogen-bond acceptors (Lipinski definition) is 2. The van der Waals surface area contributed by atoms with Crippen LogP contribution in [0.5, 0.6) is 5.75 Å². The van der Waals surface area contributed by atoms with E-state index >= 15 is 0 Å². The lowest BCUT2D eigenvalue weighted by molar-refractivity contribution is 0.304. The summed E-state index contributed by atoms with van der Waals surface area (Å²) in [5.41, 5.74) is 2.34. The van der Waals surface area contributed by atoms with Crippen LogP contribution in [0.3, 0.4) is 0 Å². The minimum absolute atomic E-state index is 0.527. The summed E-state index contributed by atoms with van der Waals surface area (Å²) < 4.78 is 6.83. The van der Waals surface area contributed by atoms with Crippen LogP contribution in [0.1, 0.15) is 31.4 Å². The number of ether oxygens (including phenoxy) is 1. The molecule has 0 fully saturated rings. The SMILES string of the molecule is CC[C@H](C)NCc1ccc(OCc2ccc(Cl)cc2)c(Br)c1. The van der Waals surface area contributed by atoms with Crippen LogP contribution in [0.2, 0.25) is 5.02 Å². The molecule has 22 heavy (non-hydrogen) atoms. The molecule has 0 heterocycles. The maximum absolute atomic E-state index is 5.88. The Morgan fingerprint density at radius 2 is 1.82 bits per heavy atom. The average molecular weight is 383 g/mol. The van der Waals surface area contributed by atoms with Crippen LogP contribution >= 0.6 is 27.5 Å². The van der Waals surface area contributed by atoms with Crippen molar-refractivity contribution >= 4 is 27.5 Å². The van der Waals surface area contributed by atoms with E-state index in [-0.39, 0.29) is 0 Å². The summed E-state index contributed by atoms with van der Waals surface area (Å²) in [4.78, 5) is 0. The van der Waals surface area contributed by atoms with Gasteiger partial charge >= 0.3 is 0 Å². The molecule has 2 rings (SSSR count). The molecule has 0 spiro atoms. The lowest BCUT2D eigenvalue weighted by Gasteiger charge is -2.13. The van der Waals surface area contributed by atoms with Gasteiger partial charge in [-0.3, -0.25) is 0 Å². The van der Waals surface area contributed by atoms with Crippen molar-refractivity contribution in [3.63, 3.8) is 0 Å². The van der Waals surface area contributed by atoms with Gasteiger partial charge in [0, 0.05) is 17.6 Å². The lowest BCUT2D eigenvalue weighted by Crippen LogP contribution is -2.24. The standard InChI is InChI=1S/C18H21BrClNO/c1-3-13(2)21-11-15-6-9-18(17(19)10-15)22-12-14-4-7-16(20)8-5-14/h4-10,13,21H,3,11-12H2,1-2H3/t13-/m0/s1. The van der Waals surface area contributed by atoms with Crippen molar-refractivity contribution in [2.45, 2.75) is 39.5 Å². The fourth-order valence-corrected chi connectivity index (χ4v) is 2.62. The molecule has 0 saturated heterocycles. The molecule has 2 aromatic carbocycles. The minimum atomic E-state index is 0.527. The molecule has 0 saturated carbocycles. The molecule has 0 aliphatic heterocycles. The van der Waals surface area contributed by atoms with Gasteiger partial charge < -0.3 is 10.1 Å². The summed E-state index contributed by atoms with van der Waals surface area (Å²) in [6.07, 6.45) is 1.13. The zero-order valence-corrected chi connectivity index (χ0v) is 15.2. The van der Waals surface area contributed by atoms with Crippen molar-refractivity contribution in [3.8, 4) is 5.75 Å². The largest absolute Gasteiger partial charge is 0.488 e. The first-order valence-electron chi connectivity index (χ1n) is 7.47. The predicted molar refractivity (Wildman–Crippen MR) is 96.5 cm³/mol. The van der Waals surface area contributed by atoms with E-state index < -0.39 is 0 Å². The van der Waals surface area contributed by atoms with Gasteiger partial charge in [0.05, 0.1) is 4.47 Å². The average Bonchev–Trinajstić information content (AvgIpc) is 2.53. The molecule has 0 radical (unpaired) electrons. The Hall–Kier alpha value is -1.03. The quantitative estimate of drug-likeness (QED) is 0.676. The molecule has 0 unspecified atom stereocenters. The summed E-state index contributed by atoms with van der Waals surface area (Å²) in [6, 6.07) is 14.4. The molecule has 0 aliphatic carbocycles. The highest BCUT2D eigenvalue weighted by atomic mass is 79.9. The third kappa shape index (κ3) is 5.31. The Morgan fingerprint density at radius 3 is 2.45 bits per heavy atom. The Morgan fingerprint density at radius 1 is 1.14 bits per heavy atom. The third-order valence-corrected chi connectivity index (χ3v) is 4.44. The van der Waals surface area contributed by atoms with E-state index in [2.05, 4.69) is 47.2 Å². The van der Waals surface area contributed by atoms with E-state index in [0.717, 1.165) is 33.8 Å². The maximum atomic E-state index is 5.88. The summed E-state index contributed by atoms with van der Waals surface area (Å²) in [5, 5.41) is 4.22. The molecule has 0 aromatic heterocycles. The molecule has 1 atom stereocenters. The highest BCUT2D eigenvalue weighted by molar-refractivity contribution is 9.10. The van der Waals surface area contributed by atoms with Crippen molar-refractivity contribution in [2.75, 3.05) is 0 Å². The Kier molecular flexibility index (Phi) is 6.74. The molecule has 0 bridgehead atoms. The van der Waals surface area contributed by atoms with Gasteiger partial charge in [0.1, 0.15) is 12.4 Å². The topological polar surface area (TPSA) is 21.3 Å². The van der Waals surface area contributed by atoms with Crippen molar-refractivity contribution < 1.29 is 4.74 Å². The van der Waals surface area contributed by atoms with Gasteiger partial charge in [-0.2, -0.15) is 0 Å². The Balaban J connectivity index is 1.93. The minimum Gasteiger partial charge on any atom is -0.488 e. The van der Waals surface area contributed by atoms with Crippen LogP contribution < -0.4 is 10.1 Å². The van der Waals surface area contributed by atoms with Crippen molar-refractivity contribution in [3.05, 3.63) is 63.1 Å². The number of benzene rings is 2. The van der Waals surface area contributed by atoms with E-state index in [1.807, 2.05) is 30.3 Å². The van der Waals surface area contributed by atoms with Gasteiger partial charge in [0.15, 0.2) is 0 Å². The Bertz CT molecular complexity index is 601. The van der Waals surface area contributed by atoms with Crippen LogP contribution in [0.15, 0.2) is 46.9 Å². The first-order chi connectivity index (χ1) is 10.6. The second kappa shape index (κ2) is 8.56. The van der Waals surface area contributed by atoms with Crippen LogP contribution in [-0.2, 0) is 13.2 Å². The lowest BCUT2D eigenvalue weighted by atomic mass is 10.2. The molecule has 1 N–H and O–H groups in total. The summed E-state index contributed by atoms with van der Waals surface area (Å²) in [5.74, 6) is 0.849. The maximum Gasteiger partial charge on any atom is 0.134 e. The number of nitrogens with one attached hydrogen (secondary N) is 1. The van der Waals surface area contributed by atoms with Crippen LogP contribution in [0.25, 0.3) is 0 Å².